The van der Waals surface area contributed by atoms with Crippen molar-refractivity contribution in [1.29, 1.82) is 0 Å². The Morgan fingerprint density at radius 1 is 1.28 bits per heavy atom. The van der Waals surface area contributed by atoms with E-state index in [9.17, 15) is 9.59 Å². The van der Waals surface area contributed by atoms with Gasteiger partial charge in [0.15, 0.2) is 6.61 Å². The second-order valence-electron chi connectivity index (χ2n) is 3.61. The smallest absolute Gasteiger partial charge is 0.338 e. The Kier molecular flexibility index (Phi) is 4.96. The van der Waals surface area contributed by atoms with Crippen LogP contribution in [0.4, 0.5) is 0 Å². The summed E-state index contributed by atoms with van der Waals surface area (Å²) in [5.41, 5.74) is 0.328. The summed E-state index contributed by atoms with van der Waals surface area (Å²) in [6, 6.07) is 8.22. The molecule has 0 bridgehead atoms. The molecule has 0 saturated heterocycles. The molecule has 0 aliphatic rings. The standard InChI is InChI=1S/C12H14O6/c1-12(16-2,18-15)10(13)8-17-11(14)9-6-4-3-5-7-9/h3-7,15H,8H2,1-2H3. The molecule has 0 aliphatic carbocycles. The summed E-state index contributed by atoms with van der Waals surface area (Å²) >= 11 is 0. The average molecular weight is 254 g/mol. The Balaban J connectivity index is 2.56. The van der Waals surface area contributed by atoms with Crippen LogP contribution in [0.2, 0.25) is 0 Å². The van der Waals surface area contributed by atoms with Crippen LogP contribution in [0, 0.1) is 0 Å². The van der Waals surface area contributed by atoms with Crippen molar-refractivity contribution in [2.45, 2.75) is 12.7 Å². The van der Waals surface area contributed by atoms with Gasteiger partial charge in [0.2, 0.25) is 5.78 Å². The van der Waals surface area contributed by atoms with E-state index in [1.165, 1.54) is 14.0 Å². The highest BCUT2D eigenvalue weighted by atomic mass is 17.1. The number of rotatable bonds is 6. The van der Waals surface area contributed by atoms with Crippen molar-refractivity contribution in [2.24, 2.45) is 0 Å². The predicted molar refractivity (Wildman–Crippen MR) is 60.9 cm³/mol. The molecule has 0 spiro atoms. The number of ketones is 1. The van der Waals surface area contributed by atoms with Crippen molar-refractivity contribution in [1.82, 2.24) is 0 Å². The van der Waals surface area contributed by atoms with Gasteiger partial charge in [0.25, 0.3) is 5.79 Å². The highest BCUT2D eigenvalue weighted by Gasteiger charge is 2.35. The summed E-state index contributed by atoms with van der Waals surface area (Å²) in [4.78, 5) is 27.0. The zero-order valence-corrected chi connectivity index (χ0v) is 10.1. The fourth-order valence-electron chi connectivity index (χ4n) is 1.12. The largest absolute Gasteiger partial charge is 0.454 e. The van der Waals surface area contributed by atoms with Crippen LogP contribution in [-0.4, -0.2) is 36.5 Å². The van der Waals surface area contributed by atoms with Crippen molar-refractivity contribution in [2.75, 3.05) is 13.7 Å². The van der Waals surface area contributed by atoms with Crippen LogP contribution in [-0.2, 0) is 19.2 Å². The lowest BCUT2D eigenvalue weighted by Gasteiger charge is -2.21. The highest BCUT2D eigenvalue weighted by molar-refractivity contribution is 5.93. The minimum Gasteiger partial charge on any atom is -0.454 e. The molecule has 1 rings (SSSR count). The first-order chi connectivity index (χ1) is 8.53. The van der Waals surface area contributed by atoms with Gasteiger partial charge in [0.1, 0.15) is 0 Å². The van der Waals surface area contributed by atoms with Gasteiger partial charge in [-0.2, -0.15) is 4.89 Å². The minimum absolute atomic E-state index is 0.328. The number of Topliss-reactive ketones (excluding diaryl/α,β-unsaturated/α-hetero) is 1. The number of carbonyl (C=O) groups excluding carboxylic acids is 2. The Labute approximate surface area is 104 Å². The predicted octanol–water partition coefficient (Wildman–Crippen LogP) is 1.26. The Hall–Kier alpha value is -1.76. The van der Waals surface area contributed by atoms with Crippen molar-refractivity contribution in [3.63, 3.8) is 0 Å². The summed E-state index contributed by atoms with van der Waals surface area (Å²) in [6.45, 7) is 0.657. The normalized spacial score (nSPS) is 13.7. The van der Waals surface area contributed by atoms with Crippen LogP contribution in [0.1, 0.15) is 17.3 Å². The Morgan fingerprint density at radius 3 is 2.39 bits per heavy atom. The molecule has 6 heteroatoms. The third-order valence-electron chi connectivity index (χ3n) is 2.41. The molecule has 1 N–H and O–H groups in total. The summed E-state index contributed by atoms with van der Waals surface area (Å²) in [6.07, 6.45) is 0. The topological polar surface area (TPSA) is 82.1 Å². The van der Waals surface area contributed by atoms with E-state index in [0.29, 0.717) is 5.56 Å². The molecule has 0 aliphatic heterocycles. The number of methoxy groups -OCH3 is 1. The molecule has 0 saturated carbocycles. The van der Waals surface area contributed by atoms with Crippen LogP contribution in [0.3, 0.4) is 0 Å². The van der Waals surface area contributed by atoms with Crippen LogP contribution in [0.5, 0.6) is 0 Å². The van der Waals surface area contributed by atoms with Gasteiger partial charge >= 0.3 is 5.97 Å². The quantitative estimate of drug-likeness (QED) is 0.356. The number of hydrogen-bond acceptors (Lipinski definition) is 6. The lowest BCUT2D eigenvalue weighted by atomic mass is 10.2. The number of hydrogen-bond donors (Lipinski definition) is 1. The molecule has 18 heavy (non-hydrogen) atoms. The van der Waals surface area contributed by atoms with Gasteiger partial charge in [0, 0.05) is 14.0 Å². The van der Waals surface area contributed by atoms with E-state index < -0.39 is 24.1 Å². The van der Waals surface area contributed by atoms with Gasteiger partial charge in [-0.15, -0.1) is 0 Å². The molecule has 98 valence electrons. The first-order valence-electron chi connectivity index (χ1n) is 5.16. The first-order valence-corrected chi connectivity index (χ1v) is 5.16. The van der Waals surface area contributed by atoms with Crippen molar-refractivity contribution in [3.8, 4) is 0 Å². The van der Waals surface area contributed by atoms with Crippen molar-refractivity contribution < 1.29 is 29.2 Å². The van der Waals surface area contributed by atoms with E-state index in [-0.39, 0.29) is 0 Å². The molecule has 0 aromatic heterocycles. The molecular weight excluding hydrogens is 240 g/mol. The van der Waals surface area contributed by atoms with Crippen molar-refractivity contribution >= 4 is 11.8 Å². The molecule has 0 heterocycles. The summed E-state index contributed by atoms with van der Waals surface area (Å²) in [5, 5.41) is 8.55. The lowest BCUT2D eigenvalue weighted by Crippen LogP contribution is -2.42. The zero-order valence-electron chi connectivity index (χ0n) is 10.1. The Bertz CT molecular complexity index is 410. The zero-order chi connectivity index (χ0) is 13.6. The van der Waals surface area contributed by atoms with Gasteiger partial charge in [-0.25, -0.2) is 10.1 Å². The fourth-order valence-corrected chi connectivity index (χ4v) is 1.12. The molecule has 1 atom stereocenters. The maximum absolute atomic E-state index is 11.6. The fraction of sp³-hybridized carbons (Fsp3) is 0.333. The molecular formula is C12H14O6. The molecule has 1 aromatic carbocycles. The molecule has 1 unspecified atom stereocenters. The van der Waals surface area contributed by atoms with E-state index in [2.05, 4.69) is 9.62 Å². The third-order valence-corrected chi connectivity index (χ3v) is 2.41. The maximum atomic E-state index is 11.6. The maximum Gasteiger partial charge on any atom is 0.338 e. The average Bonchev–Trinajstić information content (AvgIpc) is 2.44. The van der Waals surface area contributed by atoms with E-state index >= 15 is 0 Å². The van der Waals surface area contributed by atoms with Crippen molar-refractivity contribution in [3.05, 3.63) is 35.9 Å². The second-order valence-corrected chi connectivity index (χ2v) is 3.61. The molecule has 0 amide bonds. The number of ether oxygens (including phenoxy) is 2. The monoisotopic (exact) mass is 254 g/mol. The SMILES string of the molecule is COC(C)(OO)C(=O)COC(=O)c1ccccc1. The van der Waals surface area contributed by atoms with E-state index in [0.717, 1.165) is 0 Å². The Morgan fingerprint density at radius 2 is 1.89 bits per heavy atom. The molecule has 0 radical (unpaired) electrons. The summed E-state index contributed by atoms with van der Waals surface area (Å²) in [7, 11) is 1.19. The molecule has 1 aromatic rings. The van der Waals surface area contributed by atoms with Crippen LogP contribution < -0.4 is 0 Å². The molecule has 0 fully saturated rings. The van der Waals surface area contributed by atoms with Gasteiger partial charge in [0.05, 0.1) is 5.56 Å². The number of carbonyl (C=O) groups is 2. The van der Waals surface area contributed by atoms with Gasteiger partial charge < -0.3 is 9.47 Å². The lowest BCUT2D eigenvalue weighted by molar-refractivity contribution is -0.373. The van der Waals surface area contributed by atoms with Gasteiger partial charge in [-0.1, -0.05) is 18.2 Å². The highest BCUT2D eigenvalue weighted by Crippen LogP contribution is 2.12. The van der Waals surface area contributed by atoms with Crippen LogP contribution in [0.25, 0.3) is 0 Å². The number of benzene rings is 1. The summed E-state index contributed by atoms with van der Waals surface area (Å²) in [5.74, 6) is -3.19. The minimum atomic E-state index is -1.84. The first kappa shape index (κ1) is 14.3. The molecule has 6 nitrogen and oxygen atoms in total. The third kappa shape index (κ3) is 3.36. The van der Waals surface area contributed by atoms with E-state index in [1.807, 2.05) is 0 Å². The van der Waals surface area contributed by atoms with E-state index in [4.69, 9.17) is 9.99 Å². The van der Waals surface area contributed by atoms with Crippen LogP contribution in [0.15, 0.2) is 30.3 Å². The van der Waals surface area contributed by atoms with Gasteiger partial charge in [-0.05, 0) is 12.1 Å². The van der Waals surface area contributed by atoms with Gasteiger partial charge in [-0.3, -0.25) is 4.79 Å². The van der Waals surface area contributed by atoms with E-state index in [1.54, 1.807) is 30.3 Å². The van der Waals surface area contributed by atoms with Crippen LogP contribution >= 0.6 is 0 Å². The summed E-state index contributed by atoms with van der Waals surface area (Å²) < 4.78 is 9.45. The second kappa shape index (κ2) is 6.25. The number of esters is 1.